The van der Waals surface area contributed by atoms with Crippen LogP contribution in [0.3, 0.4) is 0 Å². The summed E-state index contributed by atoms with van der Waals surface area (Å²) in [5.74, 6) is -0.0805. The lowest BCUT2D eigenvalue weighted by atomic mass is 10.0. The summed E-state index contributed by atoms with van der Waals surface area (Å²) >= 11 is 0. The fourth-order valence-electron chi connectivity index (χ4n) is 2.61. The molecule has 2 aromatic rings. The summed E-state index contributed by atoms with van der Waals surface area (Å²) < 4.78 is 0. The highest BCUT2D eigenvalue weighted by Gasteiger charge is 2.05. The third-order valence-electron chi connectivity index (χ3n) is 3.81. The molecule has 4 nitrogen and oxygen atoms in total. The molecule has 0 saturated heterocycles. The summed E-state index contributed by atoms with van der Waals surface area (Å²) in [6.45, 7) is 13.5. The highest BCUT2D eigenvalue weighted by molar-refractivity contribution is 5.67. The highest BCUT2D eigenvalue weighted by Crippen LogP contribution is 2.23. The van der Waals surface area contributed by atoms with E-state index in [1.807, 2.05) is 72.7 Å². The predicted octanol–water partition coefficient (Wildman–Crippen LogP) is 5.37. The quantitative estimate of drug-likeness (QED) is 0.687. The van der Waals surface area contributed by atoms with Crippen LogP contribution in [0, 0.1) is 34.6 Å². The summed E-state index contributed by atoms with van der Waals surface area (Å²) in [5, 5.41) is 27.3. The van der Waals surface area contributed by atoms with Crippen molar-refractivity contribution in [1.82, 2.24) is 0 Å². The fraction of sp³-hybridized carbons (Fsp3) is 0.409. The van der Waals surface area contributed by atoms with Crippen molar-refractivity contribution in [1.29, 1.82) is 0 Å². The molecule has 2 aromatic carbocycles. The fourth-order valence-corrected chi connectivity index (χ4v) is 2.61. The number of hydrogen-bond donors (Lipinski definition) is 3. The number of carboxylic acid groups (broad SMARTS) is 1. The minimum absolute atomic E-state index is 0.129. The minimum atomic E-state index is -0.798. The molecule has 0 amide bonds. The molecule has 0 aliphatic heterocycles. The first-order chi connectivity index (χ1) is 12.1. The zero-order chi connectivity index (χ0) is 20.4. The lowest BCUT2D eigenvalue weighted by Crippen LogP contribution is -1.98. The summed E-state index contributed by atoms with van der Waals surface area (Å²) in [6.07, 6.45) is 0.640. The molecule has 0 aliphatic carbocycles. The van der Waals surface area contributed by atoms with Crippen LogP contribution in [0.1, 0.15) is 53.6 Å². The van der Waals surface area contributed by atoms with Gasteiger partial charge in [-0.25, -0.2) is 0 Å². The van der Waals surface area contributed by atoms with Gasteiger partial charge in [0.2, 0.25) is 0 Å². The van der Waals surface area contributed by atoms with Crippen LogP contribution in [0.2, 0.25) is 0 Å². The van der Waals surface area contributed by atoms with E-state index in [9.17, 15) is 15.0 Å². The van der Waals surface area contributed by atoms with Crippen LogP contribution >= 0.6 is 0 Å². The van der Waals surface area contributed by atoms with Gasteiger partial charge in [0, 0.05) is 6.42 Å². The minimum Gasteiger partial charge on any atom is -0.507 e. The molecule has 0 fully saturated rings. The van der Waals surface area contributed by atoms with Crippen LogP contribution in [0.15, 0.2) is 24.3 Å². The van der Waals surface area contributed by atoms with Crippen molar-refractivity contribution in [2.24, 2.45) is 0 Å². The SMILES string of the molecule is CC.Cc1cc(C)c(O)c(C)c1.Cc1cc(CCC(=O)O)cc(C)c1O. The van der Waals surface area contributed by atoms with E-state index in [4.69, 9.17) is 5.11 Å². The van der Waals surface area contributed by atoms with Crippen molar-refractivity contribution in [3.63, 3.8) is 0 Å². The Morgan fingerprint density at radius 1 is 0.769 bits per heavy atom. The summed E-state index contributed by atoms with van der Waals surface area (Å²) in [5.41, 5.74) is 5.67. The van der Waals surface area contributed by atoms with Crippen LogP contribution in [0.5, 0.6) is 11.5 Å². The smallest absolute Gasteiger partial charge is 0.303 e. The van der Waals surface area contributed by atoms with E-state index in [1.54, 1.807) is 0 Å². The maximum atomic E-state index is 10.4. The van der Waals surface area contributed by atoms with Gasteiger partial charge in [-0.15, -0.1) is 0 Å². The van der Waals surface area contributed by atoms with Gasteiger partial charge in [0.05, 0.1) is 0 Å². The first kappa shape index (κ1) is 23.5. The van der Waals surface area contributed by atoms with Crippen LogP contribution in [0.25, 0.3) is 0 Å². The molecule has 26 heavy (non-hydrogen) atoms. The average Bonchev–Trinajstić information content (AvgIpc) is 2.57. The summed E-state index contributed by atoms with van der Waals surface area (Å²) in [4.78, 5) is 10.4. The van der Waals surface area contributed by atoms with E-state index >= 15 is 0 Å². The second kappa shape index (κ2) is 11.2. The second-order valence-electron chi connectivity index (χ2n) is 6.22. The van der Waals surface area contributed by atoms with Gasteiger partial charge >= 0.3 is 5.97 Å². The molecule has 0 atom stereocenters. The van der Waals surface area contributed by atoms with Gasteiger partial charge in [0.25, 0.3) is 0 Å². The number of hydrogen-bond acceptors (Lipinski definition) is 3. The van der Waals surface area contributed by atoms with Gasteiger partial charge in [0.1, 0.15) is 11.5 Å². The van der Waals surface area contributed by atoms with E-state index in [0.717, 1.165) is 27.8 Å². The van der Waals surface area contributed by atoms with E-state index in [1.165, 1.54) is 5.56 Å². The van der Waals surface area contributed by atoms with Crippen LogP contribution in [-0.2, 0) is 11.2 Å². The first-order valence-corrected chi connectivity index (χ1v) is 8.89. The van der Waals surface area contributed by atoms with E-state index < -0.39 is 5.97 Å². The van der Waals surface area contributed by atoms with E-state index in [2.05, 4.69) is 0 Å². The number of phenolic OH excluding ortho intramolecular Hbond substituents is 2. The topological polar surface area (TPSA) is 77.8 Å². The van der Waals surface area contributed by atoms with Crippen LogP contribution < -0.4 is 0 Å². The van der Waals surface area contributed by atoms with Crippen LogP contribution in [0.4, 0.5) is 0 Å². The van der Waals surface area contributed by atoms with Crippen molar-refractivity contribution >= 4 is 5.97 Å². The standard InChI is InChI=1S/C11H14O3.C9H12O.C2H6/c1-7-5-9(3-4-10(12)13)6-8(2)11(7)14;1-6-4-7(2)9(10)8(3)5-6;1-2/h5-6,14H,3-4H2,1-2H3,(H,12,13);4-5,10H,1-3H3;1-2H3. The zero-order valence-corrected chi connectivity index (χ0v) is 17.0. The number of aromatic hydroxyl groups is 2. The Morgan fingerprint density at radius 3 is 1.46 bits per heavy atom. The van der Waals surface area contributed by atoms with Crippen molar-refractivity contribution in [3.05, 3.63) is 57.6 Å². The summed E-state index contributed by atoms with van der Waals surface area (Å²) in [6, 6.07) is 7.60. The highest BCUT2D eigenvalue weighted by atomic mass is 16.4. The molecule has 0 unspecified atom stereocenters. The van der Waals surface area contributed by atoms with Crippen molar-refractivity contribution in [3.8, 4) is 11.5 Å². The number of carboxylic acids is 1. The molecule has 144 valence electrons. The molecule has 2 rings (SSSR count). The van der Waals surface area contributed by atoms with Gasteiger partial charge in [-0.2, -0.15) is 0 Å². The van der Waals surface area contributed by atoms with Gasteiger partial charge in [-0.1, -0.05) is 43.7 Å². The largest absolute Gasteiger partial charge is 0.507 e. The molecule has 0 spiro atoms. The number of aryl methyl sites for hydroxylation is 6. The number of aliphatic carboxylic acids is 1. The Hall–Kier alpha value is -2.49. The molecule has 4 heteroatoms. The Balaban J connectivity index is 0.000000458. The number of carbonyl (C=O) groups is 1. The summed E-state index contributed by atoms with van der Waals surface area (Å²) in [7, 11) is 0. The Morgan fingerprint density at radius 2 is 1.12 bits per heavy atom. The molecular formula is C22H32O4. The second-order valence-corrected chi connectivity index (χ2v) is 6.22. The molecule has 3 N–H and O–H groups in total. The normalized spacial score (nSPS) is 9.50. The van der Waals surface area contributed by atoms with Gasteiger partial charge in [-0.05, 0) is 68.9 Å². The van der Waals surface area contributed by atoms with Crippen molar-refractivity contribution in [2.75, 3.05) is 0 Å². The van der Waals surface area contributed by atoms with Crippen molar-refractivity contribution in [2.45, 2.75) is 61.3 Å². The number of rotatable bonds is 3. The number of benzene rings is 2. The maximum absolute atomic E-state index is 10.4. The van der Waals surface area contributed by atoms with E-state index in [-0.39, 0.29) is 6.42 Å². The van der Waals surface area contributed by atoms with E-state index in [0.29, 0.717) is 17.9 Å². The van der Waals surface area contributed by atoms with Crippen molar-refractivity contribution < 1.29 is 20.1 Å². The third kappa shape index (κ3) is 7.60. The Labute approximate surface area is 157 Å². The lowest BCUT2D eigenvalue weighted by molar-refractivity contribution is -0.136. The zero-order valence-electron chi connectivity index (χ0n) is 17.0. The molecule has 0 heterocycles. The molecule has 0 radical (unpaired) electrons. The average molecular weight is 360 g/mol. The molecule has 0 saturated carbocycles. The first-order valence-electron chi connectivity index (χ1n) is 8.89. The molecule has 0 bridgehead atoms. The Kier molecular flexibility index (Phi) is 10.1. The molecule has 0 aliphatic rings. The monoisotopic (exact) mass is 360 g/mol. The number of phenols is 2. The van der Waals surface area contributed by atoms with Crippen LogP contribution in [-0.4, -0.2) is 21.3 Å². The third-order valence-corrected chi connectivity index (χ3v) is 3.81. The van der Waals surface area contributed by atoms with Gasteiger partial charge < -0.3 is 15.3 Å². The molecule has 0 aromatic heterocycles. The lowest BCUT2D eigenvalue weighted by Gasteiger charge is -2.06. The van der Waals surface area contributed by atoms with Gasteiger partial charge in [-0.3, -0.25) is 4.79 Å². The molecular weight excluding hydrogens is 328 g/mol. The maximum Gasteiger partial charge on any atom is 0.303 e. The Bertz CT molecular complexity index is 687. The van der Waals surface area contributed by atoms with Gasteiger partial charge in [0.15, 0.2) is 0 Å². The predicted molar refractivity (Wildman–Crippen MR) is 107 cm³/mol.